The molecule has 1 aliphatic heterocycles. The molecule has 22 heavy (non-hydrogen) atoms. The van der Waals surface area contributed by atoms with Gasteiger partial charge in [-0.2, -0.15) is 0 Å². The second-order valence-electron chi connectivity index (χ2n) is 6.43. The number of piperazine rings is 1. The number of anilines is 1. The van der Waals surface area contributed by atoms with Crippen LogP contribution in [0.2, 0.25) is 0 Å². The van der Waals surface area contributed by atoms with Crippen LogP contribution in [0.15, 0.2) is 18.5 Å². The molecule has 0 bridgehead atoms. The fourth-order valence-electron chi connectivity index (χ4n) is 3.23. The van der Waals surface area contributed by atoms with Gasteiger partial charge in [0.25, 0.3) is 0 Å². The van der Waals surface area contributed by atoms with Gasteiger partial charge in [-0.3, -0.25) is 0 Å². The largest absolute Gasteiger partial charge is 0.337 e. The van der Waals surface area contributed by atoms with Gasteiger partial charge in [-0.25, -0.2) is 14.8 Å². The van der Waals surface area contributed by atoms with Gasteiger partial charge in [-0.05, 0) is 37.7 Å². The van der Waals surface area contributed by atoms with Gasteiger partial charge in [0.2, 0.25) is 5.95 Å². The van der Waals surface area contributed by atoms with Gasteiger partial charge in [-0.1, -0.05) is 6.92 Å². The second-order valence-corrected chi connectivity index (χ2v) is 6.43. The first-order valence-electron chi connectivity index (χ1n) is 8.30. The van der Waals surface area contributed by atoms with Crippen LogP contribution in [0.1, 0.15) is 32.6 Å². The Morgan fingerprint density at radius 3 is 2.36 bits per heavy atom. The Morgan fingerprint density at radius 2 is 1.73 bits per heavy atom. The SMILES string of the molecule is CC1CCC(NC(=O)N2CCN(c3ncccn3)CC2)CC1. The first-order valence-corrected chi connectivity index (χ1v) is 8.30. The predicted molar refractivity (Wildman–Crippen MR) is 85.8 cm³/mol. The van der Waals surface area contributed by atoms with Crippen LogP contribution in [-0.2, 0) is 0 Å². The van der Waals surface area contributed by atoms with Crippen molar-refractivity contribution in [3.8, 4) is 0 Å². The zero-order valence-electron chi connectivity index (χ0n) is 13.2. The molecule has 2 heterocycles. The van der Waals surface area contributed by atoms with Crippen molar-refractivity contribution in [1.29, 1.82) is 0 Å². The second kappa shape index (κ2) is 6.94. The highest BCUT2D eigenvalue weighted by atomic mass is 16.2. The van der Waals surface area contributed by atoms with Crippen LogP contribution >= 0.6 is 0 Å². The standard InChI is InChI=1S/C16H25N5O/c1-13-3-5-14(6-4-13)19-16(22)21-11-9-20(10-12-21)15-17-7-2-8-18-15/h2,7-8,13-14H,3-6,9-12H2,1H3,(H,19,22). The first kappa shape index (κ1) is 15.1. The minimum Gasteiger partial charge on any atom is -0.337 e. The minimum absolute atomic E-state index is 0.0909. The molecule has 1 aliphatic carbocycles. The lowest BCUT2D eigenvalue weighted by molar-refractivity contribution is 0.184. The summed E-state index contributed by atoms with van der Waals surface area (Å²) in [6.07, 6.45) is 8.20. The number of amides is 2. The third-order valence-electron chi connectivity index (χ3n) is 4.75. The number of carbonyl (C=O) groups excluding carboxylic acids is 1. The maximum atomic E-state index is 12.4. The summed E-state index contributed by atoms with van der Waals surface area (Å²) in [5, 5.41) is 3.20. The van der Waals surface area contributed by atoms with E-state index < -0.39 is 0 Å². The van der Waals surface area contributed by atoms with Crippen LogP contribution in [0.3, 0.4) is 0 Å². The molecule has 1 aromatic heterocycles. The highest BCUT2D eigenvalue weighted by Gasteiger charge is 2.25. The molecule has 1 aromatic rings. The molecule has 2 amide bonds. The Hall–Kier alpha value is -1.85. The molecule has 3 rings (SSSR count). The monoisotopic (exact) mass is 303 g/mol. The molecule has 0 spiro atoms. The van der Waals surface area contributed by atoms with Gasteiger partial charge in [0.15, 0.2) is 0 Å². The smallest absolute Gasteiger partial charge is 0.317 e. The van der Waals surface area contributed by atoms with E-state index in [-0.39, 0.29) is 6.03 Å². The van der Waals surface area contributed by atoms with Crippen LogP contribution in [0.4, 0.5) is 10.7 Å². The number of nitrogens with zero attached hydrogens (tertiary/aromatic N) is 4. The summed E-state index contributed by atoms with van der Waals surface area (Å²) >= 11 is 0. The molecule has 1 saturated carbocycles. The van der Waals surface area contributed by atoms with E-state index >= 15 is 0 Å². The summed E-state index contributed by atoms with van der Waals surface area (Å²) in [7, 11) is 0. The van der Waals surface area contributed by atoms with Crippen molar-refractivity contribution in [3.63, 3.8) is 0 Å². The summed E-state index contributed by atoms with van der Waals surface area (Å²) in [5.74, 6) is 1.56. The topological polar surface area (TPSA) is 61.4 Å². The molecular formula is C16H25N5O. The molecule has 0 radical (unpaired) electrons. The van der Waals surface area contributed by atoms with E-state index in [2.05, 4.69) is 27.1 Å². The minimum atomic E-state index is 0.0909. The van der Waals surface area contributed by atoms with Gasteiger partial charge in [0.05, 0.1) is 0 Å². The summed E-state index contributed by atoms with van der Waals surface area (Å²) in [6.45, 7) is 5.33. The molecule has 0 aromatic carbocycles. The Kier molecular flexibility index (Phi) is 4.75. The number of urea groups is 1. The normalized spacial score (nSPS) is 25.9. The van der Waals surface area contributed by atoms with Crippen molar-refractivity contribution >= 4 is 12.0 Å². The number of aromatic nitrogens is 2. The van der Waals surface area contributed by atoms with Crippen LogP contribution in [0, 0.1) is 5.92 Å². The number of nitrogens with one attached hydrogen (secondary N) is 1. The number of hydrogen-bond donors (Lipinski definition) is 1. The Bertz CT molecular complexity index is 479. The van der Waals surface area contributed by atoms with Crippen molar-refractivity contribution in [1.82, 2.24) is 20.2 Å². The van der Waals surface area contributed by atoms with Crippen LogP contribution in [0.25, 0.3) is 0 Å². The third kappa shape index (κ3) is 3.67. The Labute approximate surface area is 131 Å². The van der Waals surface area contributed by atoms with Gasteiger partial charge >= 0.3 is 6.03 Å². The van der Waals surface area contributed by atoms with Gasteiger partial charge < -0.3 is 15.1 Å². The summed E-state index contributed by atoms with van der Waals surface area (Å²) in [4.78, 5) is 24.9. The molecule has 1 saturated heterocycles. The summed E-state index contributed by atoms with van der Waals surface area (Å²) in [6, 6.07) is 2.27. The highest BCUT2D eigenvalue weighted by Crippen LogP contribution is 2.23. The summed E-state index contributed by atoms with van der Waals surface area (Å²) < 4.78 is 0. The van der Waals surface area contributed by atoms with E-state index in [1.807, 2.05) is 11.0 Å². The summed E-state index contributed by atoms with van der Waals surface area (Å²) in [5.41, 5.74) is 0. The van der Waals surface area contributed by atoms with E-state index in [0.29, 0.717) is 6.04 Å². The fraction of sp³-hybridized carbons (Fsp3) is 0.688. The van der Waals surface area contributed by atoms with Crippen LogP contribution in [0.5, 0.6) is 0 Å². The fourth-order valence-corrected chi connectivity index (χ4v) is 3.23. The molecule has 6 nitrogen and oxygen atoms in total. The van der Waals surface area contributed by atoms with E-state index in [1.54, 1.807) is 12.4 Å². The van der Waals surface area contributed by atoms with Crippen molar-refractivity contribution < 1.29 is 4.79 Å². The van der Waals surface area contributed by atoms with E-state index in [4.69, 9.17) is 0 Å². The van der Waals surface area contributed by atoms with Crippen LogP contribution in [-0.4, -0.2) is 53.1 Å². The molecule has 0 unspecified atom stereocenters. The highest BCUT2D eigenvalue weighted by molar-refractivity contribution is 5.74. The number of hydrogen-bond acceptors (Lipinski definition) is 4. The maximum absolute atomic E-state index is 12.4. The lowest BCUT2D eigenvalue weighted by atomic mass is 9.87. The number of rotatable bonds is 2. The van der Waals surface area contributed by atoms with Gasteiger partial charge in [0.1, 0.15) is 0 Å². The van der Waals surface area contributed by atoms with Gasteiger partial charge in [0, 0.05) is 44.6 Å². The quantitative estimate of drug-likeness (QED) is 0.906. The first-order chi connectivity index (χ1) is 10.7. The molecule has 120 valence electrons. The molecule has 6 heteroatoms. The average Bonchev–Trinajstić information content (AvgIpc) is 2.58. The molecule has 2 aliphatic rings. The van der Waals surface area contributed by atoms with Crippen molar-refractivity contribution in [2.45, 2.75) is 38.6 Å². The van der Waals surface area contributed by atoms with Crippen molar-refractivity contribution in [2.24, 2.45) is 5.92 Å². The predicted octanol–water partition coefficient (Wildman–Crippen LogP) is 1.89. The molecule has 0 atom stereocenters. The van der Waals surface area contributed by atoms with E-state index in [0.717, 1.165) is 50.9 Å². The lowest BCUT2D eigenvalue weighted by Gasteiger charge is -2.36. The van der Waals surface area contributed by atoms with Crippen LogP contribution < -0.4 is 10.2 Å². The third-order valence-corrected chi connectivity index (χ3v) is 4.75. The Morgan fingerprint density at radius 1 is 1.09 bits per heavy atom. The van der Waals surface area contributed by atoms with Crippen molar-refractivity contribution in [3.05, 3.63) is 18.5 Å². The van der Waals surface area contributed by atoms with Crippen molar-refractivity contribution in [2.75, 3.05) is 31.1 Å². The zero-order valence-corrected chi connectivity index (χ0v) is 13.2. The molecule has 2 fully saturated rings. The molecular weight excluding hydrogens is 278 g/mol. The maximum Gasteiger partial charge on any atom is 0.317 e. The van der Waals surface area contributed by atoms with Gasteiger partial charge in [-0.15, -0.1) is 0 Å². The van der Waals surface area contributed by atoms with E-state index in [1.165, 1.54) is 12.8 Å². The lowest BCUT2D eigenvalue weighted by Crippen LogP contribution is -2.54. The Balaban J connectivity index is 1.46. The molecule has 1 N–H and O–H groups in total. The number of carbonyl (C=O) groups is 1. The zero-order chi connectivity index (χ0) is 15.4. The average molecular weight is 303 g/mol. The van der Waals surface area contributed by atoms with E-state index in [9.17, 15) is 4.79 Å².